The largest absolute Gasteiger partial charge is 0.382 e. The maximum atomic E-state index is 5.47. The lowest BCUT2D eigenvalue weighted by atomic mass is 10.0. The van der Waals surface area contributed by atoms with Crippen LogP contribution in [-0.4, -0.2) is 32.8 Å². The molecule has 0 unspecified atom stereocenters. The van der Waals surface area contributed by atoms with Crippen LogP contribution in [0.4, 0.5) is 0 Å². The Bertz CT molecular complexity index is 413. The predicted octanol–water partition coefficient (Wildman–Crippen LogP) is 2.62. The van der Waals surface area contributed by atoms with Crippen molar-refractivity contribution in [2.75, 3.05) is 26.8 Å². The molecule has 1 heterocycles. The first-order chi connectivity index (χ1) is 9.78. The van der Waals surface area contributed by atoms with Crippen LogP contribution in [0.2, 0.25) is 0 Å². The number of guanidine groups is 1. The van der Waals surface area contributed by atoms with Gasteiger partial charge in [0.05, 0.1) is 6.54 Å². The summed E-state index contributed by atoms with van der Waals surface area (Å²) >= 11 is 1.76. The van der Waals surface area contributed by atoms with Crippen molar-refractivity contribution >= 4 is 17.3 Å². The predicted molar refractivity (Wildman–Crippen MR) is 85.3 cm³/mol. The SMILES string of the molecule is CCOCCC1(CNC(=NC)NCc2cccs2)CC1. The van der Waals surface area contributed by atoms with Gasteiger partial charge in [0.25, 0.3) is 0 Å². The van der Waals surface area contributed by atoms with Crippen molar-refractivity contribution in [1.29, 1.82) is 0 Å². The summed E-state index contributed by atoms with van der Waals surface area (Å²) in [7, 11) is 1.82. The zero-order valence-corrected chi connectivity index (χ0v) is 13.3. The minimum atomic E-state index is 0.440. The third-order valence-electron chi connectivity index (χ3n) is 3.80. The lowest BCUT2D eigenvalue weighted by Gasteiger charge is -2.18. The molecular formula is C15H25N3OS. The number of thiophene rings is 1. The summed E-state index contributed by atoms with van der Waals surface area (Å²) in [6.45, 7) is 5.56. The molecule has 1 aliphatic rings. The van der Waals surface area contributed by atoms with Crippen LogP contribution in [0.25, 0.3) is 0 Å². The van der Waals surface area contributed by atoms with Crippen LogP contribution < -0.4 is 10.6 Å². The molecule has 1 aromatic rings. The fraction of sp³-hybridized carbons (Fsp3) is 0.667. The van der Waals surface area contributed by atoms with Crippen molar-refractivity contribution in [2.45, 2.75) is 32.7 Å². The first-order valence-electron chi connectivity index (χ1n) is 7.33. The van der Waals surface area contributed by atoms with Crippen molar-refractivity contribution in [2.24, 2.45) is 10.4 Å². The molecule has 2 N–H and O–H groups in total. The van der Waals surface area contributed by atoms with Gasteiger partial charge >= 0.3 is 0 Å². The summed E-state index contributed by atoms with van der Waals surface area (Å²) in [5.41, 5.74) is 0.440. The minimum Gasteiger partial charge on any atom is -0.382 e. The van der Waals surface area contributed by atoms with Gasteiger partial charge in [0.15, 0.2) is 5.96 Å². The van der Waals surface area contributed by atoms with Gasteiger partial charge < -0.3 is 15.4 Å². The van der Waals surface area contributed by atoms with E-state index in [1.807, 2.05) is 14.0 Å². The number of hydrogen-bond acceptors (Lipinski definition) is 3. The number of rotatable bonds is 8. The average molecular weight is 295 g/mol. The molecule has 0 aliphatic heterocycles. The highest BCUT2D eigenvalue weighted by atomic mass is 32.1. The fourth-order valence-corrected chi connectivity index (χ4v) is 2.85. The molecule has 1 aliphatic carbocycles. The molecule has 1 saturated carbocycles. The lowest BCUT2D eigenvalue weighted by molar-refractivity contribution is 0.128. The van der Waals surface area contributed by atoms with Gasteiger partial charge in [0.1, 0.15) is 0 Å². The van der Waals surface area contributed by atoms with Gasteiger partial charge in [-0.2, -0.15) is 0 Å². The first-order valence-corrected chi connectivity index (χ1v) is 8.20. The van der Waals surface area contributed by atoms with E-state index in [1.165, 1.54) is 17.7 Å². The van der Waals surface area contributed by atoms with E-state index in [4.69, 9.17) is 4.74 Å². The fourth-order valence-electron chi connectivity index (χ4n) is 2.20. The van der Waals surface area contributed by atoms with E-state index in [9.17, 15) is 0 Å². The Balaban J connectivity index is 1.68. The molecule has 0 aromatic carbocycles. The second kappa shape index (κ2) is 7.64. The smallest absolute Gasteiger partial charge is 0.191 e. The second-order valence-electron chi connectivity index (χ2n) is 5.31. The molecular weight excluding hydrogens is 270 g/mol. The Morgan fingerprint density at radius 2 is 2.30 bits per heavy atom. The summed E-state index contributed by atoms with van der Waals surface area (Å²) in [5.74, 6) is 0.890. The Morgan fingerprint density at radius 1 is 1.45 bits per heavy atom. The van der Waals surface area contributed by atoms with Crippen molar-refractivity contribution in [3.8, 4) is 0 Å². The van der Waals surface area contributed by atoms with Gasteiger partial charge in [0.2, 0.25) is 0 Å². The van der Waals surface area contributed by atoms with E-state index in [2.05, 4.69) is 33.1 Å². The van der Waals surface area contributed by atoms with E-state index < -0.39 is 0 Å². The zero-order valence-electron chi connectivity index (χ0n) is 12.4. The van der Waals surface area contributed by atoms with E-state index in [1.54, 1.807) is 11.3 Å². The second-order valence-corrected chi connectivity index (χ2v) is 6.34. The highest BCUT2D eigenvalue weighted by Gasteiger charge is 2.41. The monoisotopic (exact) mass is 295 g/mol. The van der Waals surface area contributed by atoms with E-state index in [0.717, 1.165) is 38.7 Å². The molecule has 1 fully saturated rings. The van der Waals surface area contributed by atoms with Crippen LogP contribution in [0, 0.1) is 5.41 Å². The topological polar surface area (TPSA) is 45.6 Å². The van der Waals surface area contributed by atoms with Crippen LogP contribution in [-0.2, 0) is 11.3 Å². The van der Waals surface area contributed by atoms with Crippen molar-refractivity contribution < 1.29 is 4.74 Å². The van der Waals surface area contributed by atoms with Crippen LogP contribution in [0.15, 0.2) is 22.5 Å². The number of hydrogen-bond donors (Lipinski definition) is 2. The maximum absolute atomic E-state index is 5.47. The third-order valence-corrected chi connectivity index (χ3v) is 4.68. The van der Waals surface area contributed by atoms with Crippen LogP contribution >= 0.6 is 11.3 Å². The Hall–Kier alpha value is -1.07. The van der Waals surface area contributed by atoms with Gasteiger partial charge in [-0.25, -0.2) is 0 Å². The van der Waals surface area contributed by atoms with Crippen LogP contribution in [0.5, 0.6) is 0 Å². The van der Waals surface area contributed by atoms with Crippen molar-refractivity contribution in [3.63, 3.8) is 0 Å². The third kappa shape index (κ3) is 4.80. The summed E-state index contributed by atoms with van der Waals surface area (Å²) in [6, 6.07) is 4.21. The number of aliphatic imine (C=N–C) groups is 1. The zero-order chi connectivity index (χ0) is 14.3. The van der Waals surface area contributed by atoms with Gasteiger partial charge in [-0.05, 0) is 43.0 Å². The standard InChI is InChI=1S/C15H25N3OS/c1-3-19-9-8-15(6-7-15)12-18-14(16-2)17-11-13-5-4-10-20-13/h4-5,10H,3,6-9,11-12H2,1-2H3,(H2,16,17,18). The molecule has 2 rings (SSSR count). The molecule has 20 heavy (non-hydrogen) atoms. The summed E-state index contributed by atoms with van der Waals surface area (Å²) in [4.78, 5) is 5.61. The number of nitrogens with one attached hydrogen (secondary N) is 2. The van der Waals surface area contributed by atoms with Crippen LogP contribution in [0.1, 0.15) is 31.1 Å². The molecule has 0 radical (unpaired) electrons. The highest BCUT2D eigenvalue weighted by Crippen LogP contribution is 2.48. The molecule has 1 aromatic heterocycles. The van der Waals surface area contributed by atoms with E-state index in [0.29, 0.717) is 5.41 Å². The molecule has 0 saturated heterocycles. The lowest BCUT2D eigenvalue weighted by Crippen LogP contribution is -2.40. The molecule has 112 valence electrons. The van der Waals surface area contributed by atoms with Gasteiger partial charge in [-0.1, -0.05) is 6.07 Å². The van der Waals surface area contributed by atoms with E-state index in [-0.39, 0.29) is 0 Å². The van der Waals surface area contributed by atoms with Crippen LogP contribution in [0.3, 0.4) is 0 Å². The summed E-state index contributed by atoms with van der Waals surface area (Å²) in [6.07, 6.45) is 3.75. The Kier molecular flexibility index (Phi) is 5.86. The Labute approximate surface area is 125 Å². The van der Waals surface area contributed by atoms with Gasteiger partial charge in [-0.15, -0.1) is 11.3 Å². The molecule has 0 atom stereocenters. The van der Waals surface area contributed by atoms with E-state index >= 15 is 0 Å². The normalized spacial score (nSPS) is 17.0. The molecule has 5 heteroatoms. The maximum Gasteiger partial charge on any atom is 0.191 e. The van der Waals surface area contributed by atoms with Crippen molar-refractivity contribution in [3.05, 3.63) is 22.4 Å². The summed E-state index contributed by atoms with van der Waals surface area (Å²) < 4.78 is 5.47. The van der Waals surface area contributed by atoms with Gasteiger partial charge in [0, 0.05) is 31.7 Å². The average Bonchev–Trinajstić information content (AvgIpc) is 3.03. The quantitative estimate of drug-likeness (QED) is 0.440. The number of ether oxygens (including phenoxy) is 1. The molecule has 0 bridgehead atoms. The molecule has 4 nitrogen and oxygen atoms in total. The van der Waals surface area contributed by atoms with Gasteiger partial charge in [-0.3, -0.25) is 4.99 Å². The number of nitrogens with zero attached hydrogens (tertiary/aromatic N) is 1. The van der Waals surface area contributed by atoms with Crippen molar-refractivity contribution in [1.82, 2.24) is 10.6 Å². The highest BCUT2D eigenvalue weighted by molar-refractivity contribution is 7.09. The minimum absolute atomic E-state index is 0.440. The first kappa shape index (κ1) is 15.3. The summed E-state index contributed by atoms with van der Waals surface area (Å²) in [5, 5.41) is 8.90. The Morgan fingerprint density at radius 3 is 2.90 bits per heavy atom. The molecule has 0 amide bonds. The molecule has 0 spiro atoms.